The molecule has 1 amide bonds. The van der Waals surface area contributed by atoms with E-state index in [1.54, 1.807) is 12.1 Å². The summed E-state index contributed by atoms with van der Waals surface area (Å²) in [5.74, 6) is -0.434. The van der Waals surface area contributed by atoms with Gasteiger partial charge in [0.1, 0.15) is 0 Å². The number of alkyl halides is 3. The van der Waals surface area contributed by atoms with Crippen LogP contribution in [-0.4, -0.2) is 12.5 Å². The summed E-state index contributed by atoms with van der Waals surface area (Å²) in [6, 6.07) is 11.7. The Morgan fingerprint density at radius 2 is 1.83 bits per heavy atom. The van der Waals surface area contributed by atoms with E-state index in [1.807, 2.05) is 12.1 Å². The number of carbonyl (C=O) groups is 1. The minimum atomic E-state index is -4.44. The van der Waals surface area contributed by atoms with Gasteiger partial charge in [-0.05, 0) is 29.8 Å². The summed E-state index contributed by atoms with van der Waals surface area (Å²) in [5, 5.41) is 5.89. The first-order valence-corrected chi connectivity index (χ1v) is 7.15. The smallest absolute Gasteiger partial charge is 0.325 e. The largest absolute Gasteiger partial charge is 0.416 e. The minimum absolute atomic E-state index is 0.0402. The van der Waals surface area contributed by atoms with Crippen LogP contribution in [-0.2, 0) is 17.5 Å². The lowest BCUT2D eigenvalue weighted by molar-refractivity contribution is -0.137. The second-order valence-corrected chi connectivity index (χ2v) is 5.23. The molecule has 2 aromatic rings. The Labute approximate surface area is 136 Å². The van der Waals surface area contributed by atoms with Gasteiger partial charge in [0.15, 0.2) is 0 Å². The Kier molecular flexibility index (Phi) is 5.63. The van der Waals surface area contributed by atoms with Gasteiger partial charge < -0.3 is 10.6 Å². The van der Waals surface area contributed by atoms with Crippen molar-refractivity contribution in [3.8, 4) is 0 Å². The molecule has 3 nitrogen and oxygen atoms in total. The average Bonchev–Trinajstić information content (AvgIpc) is 2.48. The van der Waals surface area contributed by atoms with Crippen molar-refractivity contribution in [2.45, 2.75) is 12.7 Å². The SMILES string of the molecule is O=C(CNCc1ccccc1Cl)Nc1cccc(C(F)(F)F)c1. The normalized spacial score (nSPS) is 11.3. The number of hydrogen-bond donors (Lipinski definition) is 2. The van der Waals surface area contributed by atoms with Crippen LogP contribution in [0.1, 0.15) is 11.1 Å². The number of halogens is 4. The molecule has 0 spiro atoms. The molecule has 0 saturated carbocycles. The van der Waals surface area contributed by atoms with Gasteiger partial charge in [0.25, 0.3) is 0 Å². The van der Waals surface area contributed by atoms with Crippen LogP contribution in [0, 0.1) is 0 Å². The predicted molar refractivity (Wildman–Crippen MR) is 83.2 cm³/mol. The molecule has 2 aromatic carbocycles. The number of anilines is 1. The first-order chi connectivity index (χ1) is 10.9. The number of nitrogens with one attached hydrogen (secondary N) is 2. The first-order valence-electron chi connectivity index (χ1n) is 6.77. The third kappa shape index (κ3) is 5.26. The van der Waals surface area contributed by atoms with Crippen LogP contribution in [0.2, 0.25) is 5.02 Å². The van der Waals surface area contributed by atoms with E-state index in [1.165, 1.54) is 12.1 Å². The molecule has 0 saturated heterocycles. The highest BCUT2D eigenvalue weighted by Crippen LogP contribution is 2.30. The molecule has 0 bridgehead atoms. The van der Waals surface area contributed by atoms with Gasteiger partial charge in [-0.2, -0.15) is 13.2 Å². The topological polar surface area (TPSA) is 41.1 Å². The monoisotopic (exact) mass is 342 g/mol. The van der Waals surface area contributed by atoms with Crippen LogP contribution in [0.15, 0.2) is 48.5 Å². The summed E-state index contributed by atoms with van der Waals surface area (Å²) in [5.41, 5.74) is 0.129. The standard InChI is InChI=1S/C16H14ClF3N2O/c17-14-7-2-1-4-11(14)9-21-10-15(23)22-13-6-3-5-12(8-13)16(18,19)20/h1-8,21H,9-10H2,(H,22,23). The van der Waals surface area contributed by atoms with Gasteiger partial charge in [-0.3, -0.25) is 4.79 Å². The van der Waals surface area contributed by atoms with Gasteiger partial charge in [0.05, 0.1) is 12.1 Å². The molecule has 0 aliphatic carbocycles. The van der Waals surface area contributed by atoms with Gasteiger partial charge in [0.2, 0.25) is 5.91 Å². The zero-order valence-electron chi connectivity index (χ0n) is 12.0. The third-order valence-electron chi connectivity index (χ3n) is 3.03. The van der Waals surface area contributed by atoms with Crippen LogP contribution < -0.4 is 10.6 Å². The average molecular weight is 343 g/mol. The van der Waals surface area contributed by atoms with E-state index in [9.17, 15) is 18.0 Å². The van der Waals surface area contributed by atoms with E-state index in [2.05, 4.69) is 10.6 Å². The zero-order valence-corrected chi connectivity index (χ0v) is 12.7. The van der Waals surface area contributed by atoms with Crippen molar-refractivity contribution in [2.75, 3.05) is 11.9 Å². The van der Waals surface area contributed by atoms with Gasteiger partial charge in [-0.25, -0.2) is 0 Å². The lowest BCUT2D eigenvalue weighted by Gasteiger charge is -2.10. The molecule has 0 radical (unpaired) electrons. The van der Waals surface area contributed by atoms with Crippen molar-refractivity contribution < 1.29 is 18.0 Å². The number of amides is 1. The molecule has 0 fully saturated rings. The van der Waals surface area contributed by atoms with E-state index in [4.69, 9.17) is 11.6 Å². The Morgan fingerprint density at radius 1 is 1.09 bits per heavy atom. The summed E-state index contributed by atoms with van der Waals surface area (Å²) < 4.78 is 37.8. The second-order valence-electron chi connectivity index (χ2n) is 4.82. The molecule has 7 heteroatoms. The molecule has 0 atom stereocenters. The van der Waals surface area contributed by atoms with Gasteiger partial charge >= 0.3 is 6.18 Å². The molecule has 122 valence electrons. The Hall–Kier alpha value is -2.05. The molecular weight excluding hydrogens is 329 g/mol. The van der Waals surface area contributed by atoms with Crippen LogP contribution in [0.5, 0.6) is 0 Å². The molecule has 0 aliphatic rings. The fourth-order valence-corrected chi connectivity index (χ4v) is 2.13. The number of hydrogen-bond acceptors (Lipinski definition) is 2. The molecule has 2 N–H and O–H groups in total. The Balaban J connectivity index is 1.87. The van der Waals surface area contributed by atoms with Crippen molar-refractivity contribution in [3.63, 3.8) is 0 Å². The van der Waals surface area contributed by atoms with Crippen molar-refractivity contribution >= 4 is 23.2 Å². The van der Waals surface area contributed by atoms with Gasteiger partial charge in [0, 0.05) is 17.3 Å². The first kappa shape index (κ1) is 17.3. The summed E-state index contributed by atoms with van der Waals surface area (Å²) in [4.78, 5) is 11.8. The molecule has 0 aromatic heterocycles. The fourth-order valence-electron chi connectivity index (χ4n) is 1.93. The minimum Gasteiger partial charge on any atom is -0.325 e. The van der Waals surface area contributed by atoms with E-state index in [-0.39, 0.29) is 12.2 Å². The second kappa shape index (κ2) is 7.48. The van der Waals surface area contributed by atoms with Gasteiger partial charge in [-0.1, -0.05) is 35.9 Å². The van der Waals surface area contributed by atoms with Crippen molar-refractivity contribution in [3.05, 3.63) is 64.7 Å². The van der Waals surface area contributed by atoms with Crippen molar-refractivity contribution in [2.24, 2.45) is 0 Å². The molecule has 2 rings (SSSR count). The summed E-state index contributed by atoms with van der Waals surface area (Å²) >= 11 is 5.98. The maximum atomic E-state index is 12.6. The summed E-state index contributed by atoms with van der Waals surface area (Å²) in [7, 11) is 0. The Morgan fingerprint density at radius 3 is 2.52 bits per heavy atom. The maximum absolute atomic E-state index is 12.6. The number of carbonyl (C=O) groups excluding carboxylic acids is 1. The van der Waals surface area contributed by atoms with Gasteiger partial charge in [-0.15, -0.1) is 0 Å². The van der Waals surface area contributed by atoms with E-state index < -0.39 is 17.6 Å². The fraction of sp³-hybridized carbons (Fsp3) is 0.188. The predicted octanol–water partition coefficient (Wildman–Crippen LogP) is 4.09. The highest BCUT2D eigenvalue weighted by molar-refractivity contribution is 6.31. The lowest BCUT2D eigenvalue weighted by atomic mass is 10.2. The summed E-state index contributed by atoms with van der Waals surface area (Å²) in [6.07, 6.45) is -4.44. The summed E-state index contributed by atoms with van der Waals surface area (Å²) in [6.45, 7) is 0.344. The van der Waals surface area contributed by atoms with E-state index >= 15 is 0 Å². The van der Waals surface area contributed by atoms with E-state index in [0.717, 1.165) is 17.7 Å². The number of benzene rings is 2. The highest BCUT2D eigenvalue weighted by Gasteiger charge is 2.30. The molecule has 0 heterocycles. The molecule has 23 heavy (non-hydrogen) atoms. The number of rotatable bonds is 5. The zero-order chi connectivity index (χ0) is 16.9. The van der Waals surface area contributed by atoms with E-state index in [0.29, 0.717) is 11.6 Å². The molecule has 0 unspecified atom stereocenters. The molecule has 0 aliphatic heterocycles. The third-order valence-corrected chi connectivity index (χ3v) is 3.40. The molecular formula is C16H14ClF3N2O. The lowest BCUT2D eigenvalue weighted by Crippen LogP contribution is -2.27. The van der Waals surface area contributed by atoms with Crippen LogP contribution >= 0.6 is 11.6 Å². The van der Waals surface area contributed by atoms with Crippen LogP contribution in [0.4, 0.5) is 18.9 Å². The quantitative estimate of drug-likeness (QED) is 0.859. The van der Waals surface area contributed by atoms with Crippen LogP contribution in [0.3, 0.4) is 0 Å². The van der Waals surface area contributed by atoms with Crippen molar-refractivity contribution in [1.29, 1.82) is 0 Å². The maximum Gasteiger partial charge on any atom is 0.416 e. The Bertz CT molecular complexity index is 689. The highest BCUT2D eigenvalue weighted by atomic mass is 35.5. The van der Waals surface area contributed by atoms with Crippen LogP contribution in [0.25, 0.3) is 0 Å². The van der Waals surface area contributed by atoms with Crippen molar-refractivity contribution in [1.82, 2.24) is 5.32 Å².